The van der Waals surface area contributed by atoms with Crippen molar-refractivity contribution >= 4 is 34.8 Å². The topological polar surface area (TPSA) is 83.3 Å². The fourth-order valence-corrected chi connectivity index (χ4v) is 7.44. The van der Waals surface area contributed by atoms with Gasteiger partial charge in [0.25, 0.3) is 0 Å². The minimum Gasteiger partial charge on any atom is -0.463 e. The summed E-state index contributed by atoms with van der Waals surface area (Å²) in [5.41, 5.74) is 3.09. The van der Waals surface area contributed by atoms with Crippen LogP contribution >= 0.6 is 0 Å². The molecule has 46 heavy (non-hydrogen) atoms. The maximum Gasteiger partial charge on any atom is 0.319 e. The van der Waals surface area contributed by atoms with E-state index in [1.807, 2.05) is 39.8 Å². The average Bonchev–Trinajstić information content (AvgIpc) is 3.50. The van der Waals surface area contributed by atoms with Crippen molar-refractivity contribution in [1.82, 2.24) is 14.9 Å². The fourth-order valence-electron chi connectivity index (χ4n) is 7.44. The normalized spacial score (nSPS) is 21.3. The number of benzene rings is 2. The standard InChI is InChI=1S/C36H47F2N5O3/c1-6-27-30(38)12-11-26-18-24(3)19-28(33(26)27)25(4)39-21-29-31(20-37)40-35(41-34(29)43(23-44)16-17-45-7-2)46-22-36-13-8-10-32(36)42(5)15-9-14-36/h11-12,18-21,32,44H,6-10,13-17,22-23H2,1-5H3/b29-21+,31-20-,39-25?. The first-order valence-corrected chi connectivity index (χ1v) is 16.5. The summed E-state index contributed by atoms with van der Waals surface area (Å²) in [5.74, 6) is 0.0389. The molecule has 3 aromatic rings. The Morgan fingerprint density at radius 2 is 2.02 bits per heavy atom. The van der Waals surface area contributed by atoms with Gasteiger partial charge in [-0.3, -0.25) is 4.99 Å². The quantitative estimate of drug-likeness (QED) is 0.170. The summed E-state index contributed by atoms with van der Waals surface area (Å²) < 4.78 is 41.4. The predicted octanol–water partition coefficient (Wildman–Crippen LogP) is 5.03. The molecule has 1 N–H and O–H groups in total. The number of aryl methyl sites for hydroxylation is 2. The molecule has 1 saturated carbocycles. The number of anilines is 1. The Labute approximate surface area is 270 Å². The zero-order valence-electron chi connectivity index (χ0n) is 27.8. The van der Waals surface area contributed by atoms with Gasteiger partial charge in [-0.2, -0.15) is 9.97 Å². The van der Waals surface area contributed by atoms with E-state index in [0.717, 1.165) is 60.5 Å². The van der Waals surface area contributed by atoms with E-state index in [0.29, 0.717) is 67.5 Å². The van der Waals surface area contributed by atoms with Crippen molar-refractivity contribution in [3.05, 3.63) is 57.3 Å². The molecule has 2 atom stereocenters. The number of hydrogen-bond donors (Lipinski definition) is 1. The predicted molar refractivity (Wildman–Crippen MR) is 180 cm³/mol. The highest BCUT2D eigenvalue weighted by Crippen LogP contribution is 2.47. The van der Waals surface area contributed by atoms with Crippen LogP contribution in [0.4, 0.5) is 14.6 Å². The van der Waals surface area contributed by atoms with Crippen LogP contribution in [0.2, 0.25) is 0 Å². The average molecular weight is 636 g/mol. The highest BCUT2D eigenvalue weighted by molar-refractivity contribution is 6.11. The van der Waals surface area contributed by atoms with Crippen molar-refractivity contribution in [2.45, 2.75) is 72.3 Å². The zero-order chi connectivity index (χ0) is 32.8. The number of halogens is 2. The lowest BCUT2D eigenvalue weighted by atomic mass is 9.76. The van der Waals surface area contributed by atoms with E-state index in [4.69, 9.17) is 19.5 Å². The van der Waals surface area contributed by atoms with Crippen molar-refractivity contribution in [1.29, 1.82) is 0 Å². The van der Waals surface area contributed by atoms with Crippen LogP contribution in [-0.2, 0) is 11.2 Å². The number of aliphatic hydroxyl groups excluding tert-OH is 1. The molecule has 1 aliphatic carbocycles. The molecular weight excluding hydrogens is 588 g/mol. The number of hydrogen-bond acceptors (Lipinski definition) is 8. The second-order valence-corrected chi connectivity index (χ2v) is 12.6. The van der Waals surface area contributed by atoms with Crippen molar-refractivity contribution in [3.63, 3.8) is 0 Å². The molecule has 0 amide bonds. The van der Waals surface area contributed by atoms with Crippen LogP contribution < -0.4 is 20.2 Å². The van der Waals surface area contributed by atoms with Gasteiger partial charge in [0.2, 0.25) is 0 Å². The third-order valence-corrected chi connectivity index (χ3v) is 9.73. The molecule has 0 radical (unpaired) electrons. The highest BCUT2D eigenvalue weighted by atomic mass is 19.1. The van der Waals surface area contributed by atoms with Gasteiger partial charge in [0.05, 0.1) is 18.4 Å². The van der Waals surface area contributed by atoms with Gasteiger partial charge in [0.1, 0.15) is 30.0 Å². The van der Waals surface area contributed by atoms with Gasteiger partial charge in [0, 0.05) is 42.1 Å². The second kappa shape index (κ2) is 15.0. The maximum atomic E-state index is 14.9. The molecule has 1 aliphatic heterocycles. The van der Waals surface area contributed by atoms with Crippen LogP contribution in [0.15, 0.2) is 29.3 Å². The second-order valence-electron chi connectivity index (χ2n) is 12.6. The van der Waals surface area contributed by atoms with Crippen LogP contribution in [0.5, 0.6) is 6.01 Å². The van der Waals surface area contributed by atoms with Crippen LogP contribution in [0.25, 0.3) is 23.3 Å². The smallest absolute Gasteiger partial charge is 0.319 e. The van der Waals surface area contributed by atoms with Crippen molar-refractivity contribution in [3.8, 4) is 6.01 Å². The van der Waals surface area contributed by atoms with Gasteiger partial charge in [-0.25, -0.2) is 8.78 Å². The Hall–Kier alpha value is -3.47. The van der Waals surface area contributed by atoms with Gasteiger partial charge in [0.15, 0.2) is 0 Å². The van der Waals surface area contributed by atoms with Crippen molar-refractivity contribution in [2.24, 2.45) is 10.4 Å². The number of aliphatic hydroxyl groups is 1. The van der Waals surface area contributed by atoms with E-state index >= 15 is 0 Å². The molecule has 0 bridgehead atoms. The summed E-state index contributed by atoms with van der Waals surface area (Å²) in [7, 11) is 2.18. The van der Waals surface area contributed by atoms with E-state index in [9.17, 15) is 13.9 Å². The molecule has 1 aromatic heterocycles. The summed E-state index contributed by atoms with van der Waals surface area (Å²) in [6.07, 6.45) is 8.01. The SMILES string of the molecule is CCOCCN(CO)c1nc(OCC23CCCC2N(C)CCC3)nc(=C\F)/c1=C\N=C(C)c1cc(C)cc2ccc(F)c(CC)c12. The lowest BCUT2D eigenvalue weighted by Gasteiger charge is -2.44. The van der Waals surface area contributed by atoms with Crippen LogP contribution in [-0.4, -0.2) is 78.4 Å². The monoisotopic (exact) mass is 635 g/mol. The minimum absolute atomic E-state index is 0.00189. The summed E-state index contributed by atoms with van der Waals surface area (Å²) in [5, 5.41) is 12.5. The number of rotatable bonds is 12. The molecule has 2 fully saturated rings. The number of nitrogens with zero attached hydrogens (tertiary/aromatic N) is 5. The van der Waals surface area contributed by atoms with Gasteiger partial charge < -0.3 is 24.4 Å². The molecule has 2 unspecified atom stereocenters. The third kappa shape index (κ3) is 6.94. The molecule has 10 heteroatoms. The van der Waals surface area contributed by atoms with E-state index < -0.39 is 0 Å². The number of aromatic nitrogens is 2. The van der Waals surface area contributed by atoms with Gasteiger partial charge >= 0.3 is 6.01 Å². The third-order valence-electron chi connectivity index (χ3n) is 9.73. The van der Waals surface area contributed by atoms with E-state index in [-0.39, 0.29) is 29.3 Å². The Bertz CT molecular complexity index is 1700. The molecule has 2 heterocycles. The largest absolute Gasteiger partial charge is 0.463 e. The minimum atomic E-state index is -0.378. The Balaban J connectivity index is 1.59. The Morgan fingerprint density at radius 1 is 1.22 bits per heavy atom. The highest BCUT2D eigenvalue weighted by Gasteiger charge is 2.47. The van der Waals surface area contributed by atoms with Crippen molar-refractivity contribution in [2.75, 3.05) is 51.6 Å². The van der Waals surface area contributed by atoms with E-state index in [2.05, 4.69) is 16.9 Å². The molecule has 2 aliphatic rings. The summed E-state index contributed by atoms with van der Waals surface area (Å²) in [6.45, 7) is 9.99. The van der Waals surface area contributed by atoms with E-state index in [1.54, 1.807) is 11.0 Å². The number of piperidine rings is 1. The van der Waals surface area contributed by atoms with Crippen LogP contribution in [0.1, 0.15) is 69.6 Å². The zero-order valence-corrected chi connectivity index (χ0v) is 27.8. The van der Waals surface area contributed by atoms with Crippen LogP contribution in [0, 0.1) is 18.2 Å². The molecule has 0 spiro atoms. The first kappa shape index (κ1) is 33.9. The lowest BCUT2D eigenvalue weighted by Crippen LogP contribution is -2.50. The van der Waals surface area contributed by atoms with Gasteiger partial charge in [-0.15, -0.1) is 0 Å². The number of aliphatic imine (C=N–C) groups is 1. The summed E-state index contributed by atoms with van der Waals surface area (Å²) in [6, 6.07) is 7.82. The first-order valence-electron chi connectivity index (χ1n) is 16.5. The summed E-state index contributed by atoms with van der Waals surface area (Å²) in [4.78, 5) is 18.0. The molecule has 8 nitrogen and oxygen atoms in total. The first-order chi connectivity index (χ1) is 22.2. The van der Waals surface area contributed by atoms with E-state index in [1.165, 1.54) is 12.3 Å². The lowest BCUT2D eigenvalue weighted by molar-refractivity contribution is 0.0131. The van der Waals surface area contributed by atoms with Gasteiger partial charge in [-0.05, 0) is 100 Å². The summed E-state index contributed by atoms with van der Waals surface area (Å²) >= 11 is 0. The number of likely N-dealkylation sites (tertiary alicyclic amines) is 1. The Morgan fingerprint density at radius 3 is 2.76 bits per heavy atom. The number of ether oxygens (including phenoxy) is 2. The molecule has 2 aromatic carbocycles. The van der Waals surface area contributed by atoms with Gasteiger partial charge in [-0.1, -0.05) is 25.5 Å². The fraction of sp³-hybridized carbons (Fsp3) is 0.528. The number of fused-ring (bicyclic) bond motifs is 2. The van der Waals surface area contributed by atoms with Crippen molar-refractivity contribution < 1.29 is 23.4 Å². The van der Waals surface area contributed by atoms with Crippen LogP contribution in [0.3, 0.4) is 0 Å². The molecule has 1 saturated heterocycles. The molecule has 248 valence electrons. The maximum absolute atomic E-state index is 14.9. The Kier molecular flexibility index (Phi) is 11.0. The molecular formula is C36H47F2N5O3. The molecule has 5 rings (SSSR count).